The van der Waals surface area contributed by atoms with Gasteiger partial charge in [-0.2, -0.15) is 13.2 Å². The minimum absolute atomic E-state index is 0.171. The molecule has 0 atom stereocenters. The number of fused-ring (bicyclic) bond motifs is 1. The van der Waals surface area contributed by atoms with Crippen LogP contribution in [0, 0.1) is 0 Å². The lowest BCUT2D eigenvalue weighted by atomic mass is 10.2. The molecule has 0 bridgehead atoms. The third kappa shape index (κ3) is 4.30. The van der Waals surface area contributed by atoms with Crippen LogP contribution in [-0.4, -0.2) is 17.4 Å². The first-order valence-corrected chi connectivity index (χ1v) is 7.98. The Bertz CT molecular complexity index is 903. The van der Waals surface area contributed by atoms with Crippen LogP contribution in [0.1, 0.15) is 12.0 Å². The van der Waals surface area contributed by atoms with Crippen LogP contribution in [-0.2, 0) is 11.0 Å². The number of benzene rings is 2. The Balaban J connectivity index is 1.54. The maximum Gasteiger partial charge on any atom is 0.416 e. The van der Waals surface area contributed by atoms with Crippen LogP contribution >= 0.6 is 0 Å². The van der Waals surface area contributed by atoms with Crippen LogP contribution in [0.15, 0.2) is 60.8 Å². The summed E-state index contributed by atoms with van der Waals surface area (Å²) in [5.74, 6) is -0.206. The van der Waals surface area contributed by atoms with E-state index < -0.39 is 11.7 Å². The maximum atomic E-state index is 12.5. The predicted octanol–water partition coefficient (Wildman–Crippen LogP) is 4.69. The van der Waals surface area contributed by atoms with Crippen molar-refractivity contribution in [3.63, 3.8) is 0 Å². The minimum atomic E-state index is -4.36. The number of para-hydroxylation sites is 1. The fraction of sp³-hybridized carbons (Fsp3) is 0.158. The standard InChI is InChI=1S/C19H16F3N3O/c20-19(21,22)14-6-8-15(9-7-14)23-12-10-17(26)25-16-5-1-3-13-4-2-11-24-18(13)16/h1-9,11,23H,10,12H2,(H,25,26). The molecule has 1 aromatic heterocycles. The molecule has 1 amide bonds. The number of aromatic nitrogens is 1. The summed E-state index contributed by atoms with van der Waals surface area (Å²) in [6.45, 7) is 0.301. The van der Waals surface area contributed by atoms with Crippen LogP contribution in [0.25, 0.3) is 10.9 Å². The normalized spacial score (nSPS) is 11.3. The molecule has 0 aliphatic rings. The third-order valence-electron chi connectivity index (χ3n) is 3.80. The summed E-state index contributed by atoms with van der Waals surface area (Å²) in [5.41, 5.74) is 1.16. The SMILES string of the molecule is O=C(CCNc1ccc(C(F)(F)F)cc1)Nc1cccc2cccnc12. The molecular formula is C19H16F3N3O. The fourth-order valence-electron chi connectivity index (χ4n) is 2.52. The molecule has 0 fully saturated rings. The number of carbonyl (C=O) groups is 1. The fourth-order valence-corrected chi connectivity index (χ4v) is 2.52. The summed E-state index contributed by atoms with van der Waals surface area (Å²) in [6, 6.07) is 13.9. The zero-order chi connectivity index (χ0) is 18.6. The van der Waals surface area contributed by atoms with Gasteiger partial charge in [0.1, 0.15) is 0 Å². The van der Waals surface area contributed by atoms with Gasteiger partial charge in [0.2, 0.25) is 5.91 Å². The van der Waals surface area contributed by atoms with E-state index in [1.807, 2.05) is 24.3 Å². The number of hydrogen-bond acceptors (Lipinski definition) is 3. The number of carbonyl (C=O) groups excluding carboxylic acids is 1. The quantitative estimate of drug-likeness (QED) is 0.695. The van der Waals surface area contributed by atoms with E-state index in [9.17, 15) is 18.0 Å². The monoisotopic (exact) mass is 359 g/mol. The number of rotatable bonds is 5. The Labute approximate surface area is 148 Å². The lowest BCUT2D eigenvalue weighted by Crippen LogP contribution is -2.16. The highest BCUT2D eigenvalue weighted by Crippen LogP contribution is 2.29. The molecule has 0 saturated carbocycles. The number of hydrogen-bond donors (Lipinski definition) is 2. The molecule has 0 aliphatic heterocycles. The van der Waals surface area contributed by atoms with Gasteiger partial charge >= 0.3 is 6.18 Å². The lowest BCUT2D eigenvalue weighted by molar-refractivity contribution is -0.137. The summed E-state index contributed by atoms with van der Waals surface area (Å²) < 4.78 is 37.6. The van der Waals surface area contributed by atoms with Crippen molar-refractivity contribution < 1.29 is 18.0 Å². The summed E-state index contributed by atoms with van der Waals surface area (Å²) in [5, 5.41) is 6.67. The van der Waals surface area contributed by atoms with Crippen LogP contribution in [0.4, 0.5) is 24.5 Å². The van der Waals surface area contributed by atoms with Crippen LogP contribution in [0.3, 0.4) is 0 Å². The molecule has 0 unspecified atom stereocenters. The molecule has 134 valence electrons. The maximum absolute atomic E-state index is 12.5. The van der Waals surface area contributed by atoms with E-state index in [1.54, 1.807) is 12.3 Å². The van der Waals surface area contributed by atoms with Gasteiger partial charge in [0.25, 0.3) is 0 Å². The third-order valence-corrected chi connectivity index (χ3v) is 3.80. The van der Waals surface area contributed by atoms with Gasteiger partial charge in [0.15, 0.2) is 0 Å². The molecule has 0 spiro atoms. The molecule has 2 N–H and O–H groups in total. The van der Waals surface area contributed by atoms with E-state index in [2.05, 4.69) is 15.6 Å². The van der Waals surface area contributed by atoms with Gasteiger partial charge in [-0.05, 0) is 36.4 Å². The predicted molar refractivity (Wildman–Crippen MR) is 94.9 cm³/mol. The van der Waals surface area contributed by atoms with Gasteiger partial charge in [0, 0.05) is 30.2 Å². The highest BCUT2D eigenvalue weighted by atomic mass is 19.4. The molecule has 3 rings (SSSR count). The molecule has 0 saturated heterocycles. The zero-order valence-corrected chi connectivity index (χ0v) is 13.7. The summed E-state index contributed by atoms with van der Waals surface area (Å²) >= 11 is 0. The molecule has 0 aliphatic carbocycles. The molecule has 0 radical (unpaired) electrons. The number of nitrogens with one attached hydrogen (secondary N) is 2. The van der Waals surface area contributed by atoms with Crippen LogP contribution < -0.4 is 10.6 Å². The molecule has 2 aromatic carbocycles. The average molecular weight is 359 g/mol. The Hall–Kier alpha value is -3.09. The van der Waals surface area contributed by atoms with Gasteiger partial charge in [-0.1, -0.05) is 18.2 Å². The van der Waals surface area contributed by atoms with Crippen molar-refractivity contribution in [2.24, 2.45) is 0 Å². The number of pyridine rings is 1. The second kappa shape index (κ2) is 7.43. The summed E-state index contributed by atoms with van der Waals surface area (Å²) in [4.78, 5) is 16.4. The van der Waals surface area contributed by atoms with Gasteiger partial charge in [-0.3, -0.25) is 9.78 Å². The highest BCUT2D eigenvalue weighted by Gasteiger charge is 2.29. The van der Waals surface area contributed by atoms with E-state index in [0.717, 1.165) is 17.5 Å². The Morgan fingerprint density at radius 3 is 2.46 bits per heavy atom. The molecular weight excluding hydrogens is 343 g/mol. The first-order chi connectivity index (χ1) is 12.4. The van der Waals surface area contributed by atoms with Crippen molar-refractivity contribution in [2.45, 2.75) is 12.6 Å². The first kappa shape index (κ1) is 17.7. The van der Waals surface area contributed by atoms with Crippen LogP contribution in [0.5, 0.6) is 0 Å². The Morgan fingerprint density at radius 1 is 1.00 bits per heavy atom. The molecule has 3 aromatic rings. The molecule has 26 heavy (non-hydrogen) atoms. The first-order valence-electron chi connectivity index (χ1n) is 7.98. The Morgan fingerprint density at radius 2 is 1.73 bits per heavy atom. The van der Waals surface area contributed by atoms with E-state index in [-0.39, 0.29) is 12.3 Å². The topological polar surface area (TPSA) is 54.0 Å². The van der Waals surface area contributed by atoms with Crippen molar-refractivity contribution in [1.29, 1.82) is 0 Å². The minimum Gasteiger partial charge on any atom is -0.385 e. The van der Waals surface area contributed by atoms with Gasteiger partial charge in [-0.25, -0.2) is 0 Å². The average Bonchev–Trinajstić information content (AvgIpc) is 2.62. The zero-order valence-electron chi connectivity index (χ0n) is 13.7. The second-order valence-electron chi connectivity index (χ2n) is 5.68. The van der Waals surface area contributed by atoms with Crippen molar-refractivity contribution in [3.05, 3.63) is 66.4 Å². The van der Waals surface area contributed by atoms with E-state index in [4.69, 9.17) is 0 Å². The summed E-state index contributed by atoms with van der Waals surface area (Å²) in [6.07, 6.45) is -2.53. The number of nitrogens with zero attached hydrogens (tertiary/aromatic N) is 1. The van der Waals surface area contributed by atoms with Crippen LogP contribution in [0.2, 0.25) is 0 Å². The summed E-state index contributed by atoms with van der Waals surface area (Å²) in [7, 11) is 0. The second-order valence-corrected chi connectivity index (χ2v) is 5.68. The van der Waals surface area contributed by atoms with E-state index >= 15 is 0 Å². The Kier molecular flexibility index (Phi) is 5.06. The molecule has 1 heterocycles. The number of anilines is 2. The smallest absolute Gasteiger partial charge is 0.385 e. The van der Waals surface area contributed by atoms with Crippen molar-refractivity contribution >= 4 is 28.2 Å². The van der Waals surface area contributed by atoms with E-state index in [1.165, 1.54) is 12.1 Å². The largest absolute Gasteiger partial charge is 0.416 e. The number of alkyl halides is 3. The molecule has 7 heteroatoms. The van der Waals surface area contributed by atoms with Crippen molar-refractivity contribution in [1.82, 2.24) is 4.98 Å². The van der Waals surface area contributed by atoms with Crippen molar-refractivity contribution in [2.75, 3.05) is 17.2 Å². The van der Waals surface area contributed by atoms with Gasteiger partial charge < -0.3 is 10.6 Å². The number of amides is 1. The number of halogens is 3. The molecule has 4 nitrogen and oxygen atoms in total. The van der Waals surface area contributed by atoms with E-state index in [0.29, 0.717) is 23.4 Å². The lowest BCUT2D eigenvalue weighted by Gasteiger charge is -2.10. The van der Waals surface area contributed by atoms with Gasteiger partial charge in [0.05, 0.1) is 16.8 Å². The van der Waals surface area contributed by atoms with Gasteiger partial charge in [-0.15, -0.1) is 0 Å². The van der Waals surface area contributed by atoms with Crippen molar-refractivity contribution in [3.8, 4) is 0 Å². The highest BCUT2D eigenvalue weighted by molar-refractivity contribution is 6.00.